The largest absolute Gasteiger partial charge is 0.444 e. The lowest BCUT2D eigenvalue weighted by Crippen LogP contribution is -2.46. The number of ether oxygens (including phenoxy) is 1. The minimum atomic E-state index is -1.04. The lowest BCUT2D eigenvalue weighted by atomic mass is 9.94. The first-order chi connectivity index (χ1) is 14.9. The van der Waals surface area contributed by atoms with Gasteiger partial charge in [0.1, 0.15) is 5.60 Å². The number of nitrogens with zero attached hydrogens (tertiary/aromatic N) is 3. The average molecular weight is 438 g/mol. The summed E-state index contributed by atoms with van der Waals surface area (Å²) in [7, 11) is 0. The zero-order chi connectivity index (χ0) is 23.7. The van der Waals surface area contributed by atoms with Gasteiger partial charge >= 0.3 is 6.09 Å². The van der Waals surface area contributed by atoms with Gasteiger partial charge < -0.3 is 25.8 Å². The third-order valence-corrected chi connectivity index (χ3v) is 5.43. The number of alkyl carbamates (subject to hydrolysis) is 1. The maximum atomic E-state index is 12.3. The first-order valence-electron chi connectivity index (χ1n) is 10.6. The summed E-state index contributed by atoms with van der Waals surface area (Å²) in [4.78, 5) is 18.5. The lowest BCUT2D eigenvalue weighted by Gasteiger charge is -2.35. The molecule has 1 saturated heterocycles. The Kier molecular flexibility index (Phi) is 6.33. The predicted octanol–water partition coefficient (Wildman–Crippen LogP) is 3.45. The average Bonchev–Trinajstić information content (AvgIpc) is 3.10. The summed E-state index contributed by atoms with van der Waals surface area (Å²) >= 11 is 0. The van der Waals surface area contributed by atoms with Crippen molar-refractivity contribution < 1.29 is 14.6 Å². The molecule has 32 heavy (non-hydrogen) atoms. The van der Waals surface area contributed by atoms with Crippen LogP contribution in [0.3, 0.4) is 0 Å². The summed E-state index contributed by atoms with van der Waals surface area (Å²) in [6, 6.07) is 8.89. The van der Waals surface area contributed by atoms with Crippen LogP contribution in [0.25, 0.3) is 11.1 Å². The highest BCUT2D eigenvalue weighted by Crippen LogP contribution is 2.38. The molecule has 0 unspecified atom stereocenters. The van der Waals surface area contributed by atoms with Crippen LogP contribution >= 0.6 is 0 Å². The molecule has 2 atom stereocenters. The van der Waals surface area contributed by atoms with Crippen molar-refractivity contribution in [2.24, 2.45) is 0 Å². The van der Waals surface area contributed by atoms with E-state index >= 15 is 0 Å². The van der Waals surface area contributed by atoms with Crippen LogP contribution in [-0.2, 0) is 4.74 Å². The molecule has 1 fully saturated rings. The van der Waals surface area contributed by atoms with E-state index in [2.05, 4.69) is 16.4 Å². The zero-order valence-electron chi connectivity index (χ0n) is 19.2. The molecular weight excluding hydrogens is 406 g/mol. The number of benzene rings is 1. The van der Waals surface area contributed by atoms with Gasteiger partial charge in [0.25, 0.3) is 0 Å². The highest BCUT2D eigenvalue weighted by atomic mass is 16.6. The van der Waals surface area contributed by atoms with Gasteiger partial charge in [0.05, 0.1) is 40.7 Å². The smallest absolute Gasteiger partial charge is 0.407 e. The molecule has 0 aliphatic carbocycles. The van der Waals surface area contributed by atoms with E-state index in [0.717, 1.165) is 11.3 Å². The first-order valence-corrected chi connectivity index (χ1v) is 10.6. The molecule has 1 aliphatic heterocycles. The zero-order valence-corrected chi connectivity index (χ0v) is 19.2. The number of hydrogen-bond donors (Lipinski definition) is 3. The van der Waals surface area contributed by atoms with Crippen LogP contribution < -0.4 is 16.0 Å². The number of hydrogen-bond acceptors (Lipinski definition) is 7. The fraction of sp³-hybridized carbons (Fsp3) is 0.458. The number of aromatic nitrogens is 1. The van der Waals surface area contributed by atoms with Gasteiger partial charge in [0.15, 0.2) is 0 Å². The van der Waals surface area contributed by atoms with Crippen LogP contribution in [0.4, 0.5) is 16.2 Å². The molecule has 2 aromatic rings. The maximum Gasteiger partial charge on any atom is 0.407 e. The number of nitrogens with one attached hydrogen (secondary N) is 1. The van der Waals surface area contributed by atoms with E-state index in [4.69, 9.17) is 10.5 Å². The van der Waals surface area contributed by atoms with Crippen molar-refractivity contribution in [3.8, 4) is 17.2 Å². The van der Waals surface area contributed by atoms with E-state index in [1.807, 2.05) is 37.8 Å². The number of carbonyl (C=O) groups is 1. The second-order valence-corrected chi connectivity index (χ2v) is 9.71. The molecule has 1 aromatic heterocycles. The Hall–Kier alpha value is -3.31. The second kappa shape index (κ2) is 8.67. The van der Waals surface area contributed by atoms with Crippen LogP contribution in [0.15, 0.2) is 36.7 Å². The molecule has 8 nitrogen and oxygen atoms in total. The van der Waals surface area contributed by atoms with Crippen molar-refractivity contribution in [3.63, 3.8) is 0 Å². The third kappa shape index (κ3) is 5.29. The number of nitriles is 1. The number of nitrogens with two attached hydrogens (primary N) is 1. The fourth-order valence-corrected chi connectivity index (χ4v) is 4.03. The van der Waals surface area contributed by atoms with E-state index in [9.17, 15) is 15.2 Å². The Bertz CT molecular complexity index is 1030. The quantitative estimate of drug-likeness (QED) is 0.626. The molecule has 0 radical (unpaired) electrons. The Labute approximate surface area is 189 Å². The minimum absolute atomic E-state index is 0.225. The number of nitrogen functional groups attached to an aromatic ring is 1. The Morgan fingerprint density at radius 2 is 2.03 bits per heavy atom. The van der Waals surface area contributed by atoms with Gasteiger partial charge in [-0.3, -0.25) is 4.98 Å². The number of pyridine rings is 1. The van der Waals surface area contributed by atoms with E-state index in [1.54, 1.807) is 38.4 Å². The number of aliphatic hydroxyl groups is 1. The third-order valence-electron chi connectivity index (χ3n) is 5.43. The number of anilines is 2. The summed E-state index contributed by atoms with van der Waals surface area (Å²) in [5.74, 6) is 0. The normalized spacial score (nSPS) is 18.8. The summed E-state index contributed by atoms with van der Waals surface area (Å²) in [6.45, 7) is 9.39. The van der Waals surface area contributed by atoms with Crippen molar-refractivity contribution in [2.45, 2.75) is 64.3 Å². The van der Waals surface area contributed by atoms with Gasteiger partial charge in [-0.25, -0.2) is 4.79 Å². The molecule has 3 rings (SSSR count). The predicted molar refractivity (Wildman–Crippen MR) is 124 cm³/mol. The minimum Gasteiger partial charge on any atom is -0.444 e. The van der Waals surface area contributed by atoms with Gasteiger partial charge in [-0.15, -0.1) is 0 Å². The number of carbonyl (C=O) groups excluding carboxylic acids is 1. The number of rotatable bonds is 4. The van der Waals surface area contributed by atoms with Gasteiger partial charge in [0.2, 0.25) is 0 Å². The van der Waals surface area contributed by atoms with Crippen LogP contribution in [0.2, 0.25) is 0 Å². The van der Waals surface area contributed by atoms with Gasteiger partial charge in [-0.1, -0.05) is 6.07 Å². The molecule has 170 valence electrons. The maximum absolute atomic E-state index is 12.3. The van der Waals surface area contributed by atoms with Crippen molar-refractivity contribution >= 4 is 17.5 Å². The SMILES string of the molecule is CC(C)(C)OC(=O)N[C@H]1C[C@@H](C(C)(C)O)N(c2cc(-c3cnccc3C#N)ccc2N)C1. The molecule has 4 N–H and O–H groups in total. The molecule has 8 heteroatoms. The van der Waals surface area contributed by atoms with Gasteiger partial charge in [-0.05, 0) is 64.8 Å². The fourth-order valence-electron chi connectivity index (χ4n) is 4.03. The summed E-state index contributed by atoms with van der Waals surface area (Å²) < 4.78 is 5.39. The summed E-state index contributed by atoms with van der Waals surface area (Å²) in [6.07, 6.45) is 3.27. The molecule has 0 spiro atoms. The van der Waals surface area contributed by atoms with Crippen LogP contribution in [-0.4, -0.2) is 46.0 Å². The first kappa shape index (κ1) is 23.4. The second-order valence-electron chi connectivity index (χ2n) is 9.71. The molecule has 0 bridgehead atoms. The Balaban J connectivity index is 1.94. The highest BCUT2D eigenvalue weighted by Gasteiger charge is 2.42. The summed E-state index contributed by atoms with van der Waals surface area (Å²) in [5.41, 5.74) is 8.00. The molecule has 1 aliphatic rings. The van der Waals surface area contributed by atoms with Crippen LogP contribution in [0.5, 0.6) is 0 Å². The van der Waals surface area contributed by atoms with E-state index < -0.39 is 17.3 Å². The van der Waals surface area contributed by atoms with Crippen LogP contribution in [0.1, 0.15) is 46.6 Å². The highest BCUT2D eigenvalue weighted by molar-refractivity contribution is 5.79. The van der Waals surface area contributed by atoms with E-state index in [0.29, 0.717) is 29.8 Å². The van der Waals surface area contributed by atoms with Crippen LogP contribution in [0, 0.1) is 11.3 Å². The molecule has 0 saturated carbocycles. The van der Waals surface area contributed by atoms with Crippen molar-refractivity contribution in [3.05, 3.63) is 42.2 Å². The van der Waals surface area contributed by atoms with Gasteiger partial charge in [-0.2, -0.15) is 5.26 Å². The van der Waals surface area contributed by atoms with Crippen molar-refractivity contribution in [2.75, 3.05) is 17.2 Å². The van der Waals surface area contributed by atoms with Gasteiger partial charge in [0, 0.05) is 24.5 Å². The van der Waals surface area contributed by atoms with E-state index in [1.165, 1.54) is 0 Å². The Morgan fingerprint density at radius 1 is 1.31 bits per heavy atom. The topological polar surface area (TPSA) is 124 Å². The molecule has 1 amide bonds. The van der Waals surface area contributed by atoms with Crippen molar-refractivity contribution in [1.82, 2.24) is 10.3 Å². The Morgan fingerprint density at radius 3 is 2.66 bits per heavy atom. The van der Waals surface area contributed by atoms with Crippen molar-refractivity contribution in [1.29, 1.82) is 5.26 Å². The van der Waals surface area contributed by atoms with E-state index in [-0.39, 0.29) is 12.1 Å². The lowest BCUT2D eigenvalue weighted by molar-refractivity contribution is 0.0456. The monoisotopic (exact) mass is 437 g/mol. The summed E-state index contributed by atoms with van der Waals surface area (Å²) in [5, 5.41) is 23.2. The molecule has 1 aromatic carbocycles. The molecular formula is C24H31N5O3. The molecule has 2 heterocycles. The standard InChI is InChI=1S/C24H31N5O3/c1-23(2,3)32-22(30)28-17-11-21(24(4,5)31)29(14-17)20-10-15(6-7-19(20)26)18-13-27-9-8-16(18)12-25/h6-10,13,17,21,31H,11,14,26H2,1-5H3,(H,28,30)/t17-,21-/m0/s1. The number of amides is 1.